The van der Waals surface area contributed by atoms with Crippen LogP contribution in [0.15, 0.2) is 11.1 Å². The van der Waals surface area contributed by atoms with Crippen LogP contribution in [0.25, 0.3) is 0 Å². The van der Waals surface area contributed by atoms with E-state index in [1.165, 1.54) is 0 Å². The first kappa shape index (κ1) is 15.4. The predicted molar refractivity (Wildman–Crippen MR) is 79.7 cm³/mol. The summed E-state index contributed by atoms with van der Waals surface area (Å²) in [5.74, 6) is 11.0. The lowest BCUT2D eigenvalue weighted by Gasteiger charge is -2.20. The highest BCUT2D eigenvalue weighted by molar-refractivity contribution is 5.97. The van der Waals surface area contributed by atoms with Crippen molar-refractivity contribution >= 4 is 11.9 Å². The molecule has 3 nitrogen and oxygen atoms in total. The first-order valence-electron chi connectivity index (χ1n) is 7.62. The van der Waals surface area contributed by atoms with E-state index >= 15 is 0 Å². The smallest absolute Gasteiger partial charge is 0.317 e. The monoisotopic (exact) mass is 284 g/mol. The predicted octanol–water partition coefficient (Wildman–Crippen LogP) is 3.00. The lowest BCUT2D eigenvalue weighted by molar-refractivity contribution is -0.153. The number of hydrogen-bond acceptors (Lipinski definition) is 3. The Labute approximate surface area is 126 Å². The summed E-state index contributed by atoms with van der Waals surface area (Å²) >= 11 is 0. The summed E-state index contributed by atoms with van der Waals surface area (Å²) in [5.41, 5.74) is 1.83. The Bertz CT molecular complexity index is 537. The molecule has 2 aliphatic rings. The van der Waals surface area contributed by atoms with E-state index < -0.39 is 11.9 Å². The highest BCUT2D eigenvalue weighted by atomic mass is 16.6. The molecule has 0 saturated carbocycles. The van der Waals surface area contributed by atoms with Crippen molar-refractivity contribution in [3.63, 3.8) is 0 Å². The van der Waals surface area contributed by atoms with Crippen LogP contribution in [0.2, 0.25) is 0 Å². The number of allylic oxidation sites excluding steroid dienone is 2. The molecule has 1 aliphatic heterocycles. The Morgan fingerprint density at radius 1 is 0.905 bits per heavy atom. The maximum atomic E-state index is 11.7. The third-order valence-electron chi connectivity index (χ3n) is 3.73. The van der Waals surface area contributed by atoms with Gasteiger partial charge in [-0.05, 0) is 25.7 Å². The first-order chi connectivity index (χ1) is 10.2. The topological polar surface area (TPSA) is 43.4 Å². The molecule has 0 spiro atoms. The summed E-state index contributed by atoms with van der Waals surface area (Å²) in [4.78, 5) is 23.4. The van der Waals surface area contributed by atoms with Crippen molar-refractivity contribution in [1.29, 1.82) is 0 Å². The summed E-state index contributed by atoms with van der Waals surface area (Å²) in [6, 6.07) is 0. The molecule has 110 valence electrons. The Morgan fingerprint density at radius 2 is 1.33 bits per heavy atom. The third-order valence-corrected chi connectivity index (χ3v) is 3.73. The zero-order valence-corrected chi connectivity index (χ0v) is 12.6. The number of fused-ring (bicyclic) bond motifs is 1. The normalized spacial score (nSPS) is 23.7. The zero-order chi connectivity index (χ0) is 15.2. The molecule has 2 unspecified atom stereocenters. The molecule has 2 atom stereocenters. The van der Waals surface area contributed by atoms with Gasteiger partial charge >= 0.3 is 11.9 Å². The Kier molecular flexibility index (Phi) is 5.23. The molecule has 1 saturated heterocycles. The quantitative estimate of drug-likeness (QED) is 0.445. The largest absolute Gasteiger partial charge is 0.393 e. The van der Waals surface area contributed by atoms with Gasteiger partial charge in [-0.2, -0.15) is 0 Å². The molecule has 0 aromatic heterocycles. The molecule has 21 heavy (non-hydrogen) atoms. The van der Waals surface area contributed by atoms with Crippen LogP contribution in [0.4, 0.5) is 0 Å². The molecule has 0 N–H and O–H groups in total. The van der Waals surface area contributed by atoms with E-state index in [9.17, 15) is 9.59 Å². The van der Waals surface area contributed by atoms with Crippen molar-refractivity contribution in [3.05, 3.63) is 11.1 Å². The lowest BCUT2D eigenvalue weighted by atomic mass is 9.77. The second kappa shape index (κ2) is 7.14. The molecule has 0 bridgehead atoms. The summed E-state index contributed by atoms with van der Waals surface area (Å²) in [7, 11) is 0. The maximum absolute atomic E-state index is 11.7. The van der Waals surface area contributed by atoms with Crippen LogP contribution in [-0.4, -0.2) is 11.9 Å². The minimum absolute atomic E-state index is 0.361. The number of rotatable bonds is 2. The van der Waals surface area contributed by atoms with Crippen LogP contribution in [0, 0.1) is 35.5 Å². The van der Waals surface area contributed by atoms with Gasteiger partial charge in [0.15, 0.2) is 0 Å². The van der Waals surface area contributed by atoms with Crippen molar-refractivity contribution in [2.45, 2.75) is 52.4 Å². The van der Waals surface area contributed by atoms with Crippen molar-refractivity contribution in [1.82, 2.24) is 0 Å². The van der Waals surface area contributed by atoms with Gasteiger partial charge in [0.25, 0.3) is 0 Å². The number of carbonyl (C=O) groups excluding carboxylic acids is 2. The third kappa shape index (κ3) is 3.56. The second-order valence-electron chi connectivity index (χ2n) is 5.42. The fourth-order valence-electron chi connectivity index (χ4n) is 2.56. The molecule has 0 aromatic carbocycles. The van der Waals surface area contributed by atoms with E-state index in [1.54, 1.807) is 0 Å². The fourth-order valence-corrected chi connectivity index (χ4v) is 2.56. The summed E-state index contributed by atoms with van der Waals surface area (Å²) in [6.45, 7) is 4.16. The molecular formula is C18H20O3. The van der Waals surface area contributed by atoms with Crippen LogP contribution >= 0.6 is 0 Å². The SMILES string of the molecule is CCCC#CC1=C(C#CCCC)CC2C(=O)OC(=O)C2C1. The molecule has 1 aliphatic carbocycles. The second-order valence-corrected chi connectivity index (χ2v) is 5.42. The van der Waals surface area contributed by atoms with Gasteiger partial charge in [-0.15, -0.1) is 0 Å². The van der Waals surface area contributed by atoms with Gasteiger partial charge in [0, 0.05) is 24.0 Å². The summed E-state index contributed by atoms with van der Waals surface area (Å²) < 4.78 is 4.76. The van der Waals surface area contributed by atoms with Crippen LogP contribution < -0.4 is 0 Å². The van der Waals surface area contributed by atoms with Crippen molar-refractivity contribution < 1.29 is 14.3 Å². The first-order valence-corrected chi connectivity index (χ1v) is 7.62. The van der Waals surface area contributed by atoms with Crippen LogP contribution in [0.1, 0.15) is 52.4 Å². The number of ether oxygens (including phenoxy) is 1. The van der Waals surface area contributed by atoms with E-state index in [2.05, 4.69) is 37.5 Å². The highest BCUT2D eigenvalue weighted by Crippen LogP contribution is 2.39. The van der Waals surface area contributed by atoms with Crippen LogP contribution in [0.5, 0.6) is 0 Å². The van der Waals surface area contributed by atoms with Crippen molar-refractivity contribution in [2.75, 3.05) is 0 Å². The van der Waals surface area contributed by atoms with Gasteiger partial charge in [0.1, 0.15) is 0 Å². The molecule has 1 fully saturated rings. The number of cyclic esters (lactones) is 2. The van der Waals surface area contributed by atoms with E-state index in [1.807, 2.05) is 0 Å². The van der Waals surface area contributed by atoms with Gasteiger partial charge in [-0.1, -0.05) is 37.5 Å². The van der Waals surface area contributed by atoms with Gasteiger partial charge in [0.2, 0.25) is 0 Å². The van der Waals surface area contributed by atoms with Gasteiger partial charge in [-0.25, -0.2) is 0 Å². The lowest BCUT2D eigenvalue weighted by Crippen LogP contribution is -2.23. The maximum Gasteiger partial charge on any atom is 0.317 e. The van der Waals surface area contributed by atoms with E-state index in [-0.39, 0.29) is 11.8 Å². The van der Waals surface area contributed by atoms with Crippen LogP contribution in [-0.2, 0) is 14.3 Å². The fraction of sp³-hybridized carbons (Fsp3) is 0.556. The molecule has 0 amide bonds. The van der Waals surface area contributed by atoms with Gasteiger partial charge < -0.3 is 4.74 Å². The minimum Gasteiger partial charge on any atom is -0.393 e. The highest BCUT2D eigenvalue weighted by Gasteiger charge is 2.47. The molecular weight excluding hydrogens is 264 g/mol. The molecule has 2 rings (SSSR count). The Morgan fingerprint density at radius 3 is 1.71 bits per heavy atom. The van der Waals surface area contributed by atoms with Gasteiger partial charge in [0.05, 0.1) is 11.8 Å². The van der Waals surface area contributed by atoms with E-state index in [0.29, 0.717) is 12.8 Å². The number of unbranched alkanes of at least 4 members (excludes halogenated alkanes) is 2. The molecule has 3 heteroatoms. The summed E-state index contributed by atoms with van der Waals surface area (Å²) in [5, 5.41) is 0. The molecule has 0 aromatic rings. The minimum atomic E-state index is -0.402. The van der Waals surface area contributed by atoms with Crippen molar-refractivity contribution in [2.24, 2.45) is 11.8 Å². The summed E-state index contributed by atoms with van der Waals surface area (Å²) in [6.07, 6.45) is 4.64. The van der Waals surface area contributed by atoms with Crippen molar-refractivity contribution in [3.8, 4) is 23.7 Å². The average molecular weight is 284 g/mol. The Balaban J connectivity index is 2.28. The average Bonchev–Trinajstić information content (AvgIpc) is 2.74. The van der Waals surface area contributed by atoms with Crippen LogP contribution in [0.3, 0.4) is 0 Å². The standard InChI is InChI=1S/C18H20O3/c1-3-5-7-9-13-11-15-16(18(20)21-17(15)19)12-14(13)10-8-6-4-2/h15-16H,3-6,11-12H2,1-2H3. The Hall–Kier alpha value is -2.00. The van der Waals surface area contributed by atoms with Gasteiger partial charge in [-0.3, -0.25) is 9.59 Å². The zero-order valence-electron chi connectivity index (χ0n) is 12.6. The molecule has 1 heterocycles. The van der Waals surface area contributed by atoms with E-state index in [4.69, 9.17) is 4.74 Å². The molecule has 0 radical (unpaired) electrons. The number of carbonyl (C=O) groups is 2. The van der Waals surface area contributed by atoms with E-state index in [0.717, 1.165) is 36.8 Å². The number of esters is 2. The number of hydrogen-bond donors (Lipinski definition) is 0.